The summed E-state index contributed by atoms with van der Waals surface area (Å²) in [6.07, 6.45) is 0. The van der Waals surface area contributed by atoms with Gasteiger partial charge >= 0.3 is 0 Å². The molecule has 3 nitrogen and oxygen atoms in total. The molecule has 0 aliphatic carbocycles. The van der Waals surface area contributed by atoms with E-state index in [0.29, 0.717) is 12.1 Å². The Bertz CT molecular complexity index is 901. The summed E-state index contributed by atoms with van der Waals surface area (Å²) >= 11 is 5.59. The standard InChI is InChI=1S/C18H16BrIN2O/c1-10-11(2)22-17-6-3-12(7-14(10)17)9-21-18(23)15-8-13(19)4-5-16(15)20/h3-8,22H,9H2,1-2H3,(H,21,23). The molecular weight excluding hydrogens is 467 g/mol. The number of hydrogen-bond donors (Lipinski definition) is 2. The van der Waals surface area contributed by atoms with Crippen molar-refractivity contribution in [3.63, 3.8) is 0 Å². The normalized spacial score (nSPS) is 11.0. The molecule has 118 valence electrons. The van der Waals surface area contributed by atoms with Gasteiger partial charge in [-0.15, -0.1) is 0 Å². The smallest absolute Gasteiger partial charge is 0.252 e. The number of aromatic amines is 1. The lowest BCUT2D eigenvalue weighted by Crippen LogP contribution is -2.23. The van der Waals surface area contributed by atoms with Gasteiger partial charge in [0.05, 0.1) is 5.56 Å². The minimum absolute atomic E-state index is 0.0576. The maximum absolute atomic E-state index is 12.4. The summed E-state index contributed by atoms with van der Waals surface area (Å²) in [6, 6.07) is 12.0. The highest BCUT2D eigenvalue weighted by atomic mass is 127. The second-order valence-electron chi connectivity index (χ2n) is 5.56. The van der Waals surface area contributed by atoms with Gasteiger partial charge in [0, 0.05) is 31.2 Å². The molecular formula is C18H16BrIN2O. The largest absolute Gasteiger partial charge is 0.358 e. The summed E-state index contributed by atoms with van der Waals surface area (Å²) in [4.78, 5) is 15.7. The Balaban J connectivity index is 1.79. The lowest BCUT2D eigenvalue weighted by molar-refractivity contribution is 0.0950. The van der Waals surface area contributed by atoms with Gasteiger partial charge in [-0.3, -0.25) is 4.79 Å². The summed E-state index contributed by atoms with van der Waals surface area (Å²) < 4.78 is 1.85. The lowest BCUT2D eigenvalue weighted by atomic mass is 10.1. The van der Waals surface area contributed by atoms with Gasteiger partial charge in [-0.05, 0) is 77.9 Å². The van der Waals surface area contributed by atoms with E-state index in [1.54, 1.807) is 0 Å². The number of amides is 1. The fraction of sp³-hybridized carbons (Fsp3) is 0.167. The third-order valence-corrected chi connectivity index (χ3v) is 5.43. The Kier molecular flexibility index (Phi) is 4.77. The zero-order valence-corrected chi connectivity index (χ0v) is 16.6. The number of hydrogen-bond acceptors (Lipinski definition) is 1. The number of fused-ring (bicyclic) bond motifs is 1. The monoisotopic (exact) mass is 482 g/mol. The molecule has 0 bridgehead atoms. The molecule has 0 aliphatic rings. The van der Waals surface area contributed by atoms with Crippen LogP contribution in [-0.4, -0.2) is 10.9 Å². The number of carbonyl (C=O) groups is 1. The highest BCUT2D eigenvalue weighted by Crippen LogP contribution is 2.23. The highest BCUT2D eigenvalue weighted by molar-refractivity contribution is 14.1. The van der Waals surface area contributed by atoms with Crippen LogP contribution in [0.25, 0.3) is 10.9 Å². The highest BCUT2D eigenvalue weighted by Gasteiger charge is 2.11. The fourth-order valence-corrected chi connectivity index (χ4v) is 3.51. The number of rotatable bonds is 3. The van der Waals surface area contributed by atoms with Crippen molar-refractivity contribution >= 4 is 55.3 Å². The first-order valence-electron chi connectivity index (χ1n) is 7.27. The Labute approximate surface area is 157 Å². The molecule has 0 saturated carbocycles. The summed E-state index contributed by atoms with van der Waals surface area (Å²) in [5, 5.41) is 4.21. The zero-order valence-electron chi connectivity index (χ0n) is 12.8. The lowest BCUT2D eigenvalue weighted by Gasteiger charge is -2.08. The predicted molar refractivity (Wildman–Crippen MR) is 106 cm³/mol. The molecule has 0 unspecified atom stereocenters. The van der Waals surface area contributed by atoms with E-state index in [-0.39, 0.29) is 5.91 Å². The van der Waals surface area contributed by atoms with Crippen LogP contribution in [0, 0.1) is 17.4 Å². The molecule has 0 saturated heterocycles. The van der Waals surface area contributed by atoms with Crippen molar-refractivity contribution in [1.29, 1.82) is 0 Å². The maximum atomic E-state index is 12.4. The van der Waals surface area contributed by atoms with E-state index in [9.17, 15) is 4.79 Å². The minimum Gasteiger partial charge on any atom is -0.358 e. The van der Waals surface area contributed by atoms with Crippen molar-refractivity contribution in [3.05, 3.63) is 66.8 Å². The van der Waals surface area contributed by atoms with Crippen molar-refractivity contribution in [2.24, 2.45) is 0 Å². The van der Waals surface area contributed by atoms with E-state index in [2.05, 4.69) is 74.8 Å². The third kappa shape index (κ3) is 3.45. The van der Waals surface area contributed by atoms with Crippen molar-refractivity contribution in [3.8, 4) is 0 Å². The second-order valence-corrected chi connectivity index (χ2v) is 7.64. The molecule has 3 rings (SSSR count). The first-order chi connectivity index (χ1) is 11.0. The van der Waals surface area contributed by atoms with E-state index < -0.39 is 0 Å². The summed E-state index contributed by atoms with van der Waals surface area (Å²) in [5.74, 6) is -0.0576. The molecule has 2 aromatic carbocycles. The number of benzene rings is 2. The van der Waals surface area contributed by atoms with Crippen molar-refractivity contribution in [1.82, 2.24) is 10.3 Å². The predicted octanol–water partition coefficient (Wildman–Crippen LogP) is 5.08. The molecule has 0 spiro atoms. The Morgan fingerprint density at radius 1 is 1.22 bits per heavy atom. The first-order valence-corrected chi connectivity index (χ1v) is 9.14. The van der Waals surface area contributed by atoms with E-state index in [0.717, 1.165) is 19.1 Å². The SMILES string of the molecule is Cc1[nH]c2ccc(CNC(=O)c3cc(Br)ccc3I)cc2c1C. The van der Waals surface area contributed by atoms with Crippen LogP contribution < -0.4 is 5.32 Å². The van der Waals surface area contributed by atoms with Gasteiger partial charge in [-0.1, -0.05) is 22.0 Å². The molecule has 0 radical (unpaired) electrons. The van der Waals surface area contributed by atoms with Gasteiger partial charge in [0.25, 0.3) is 5.91 Å². The van der Waals surface area contributed by atoms with Crippen LogP contribution in [0.1, 0.15) is 27.2 Å². The first kappa shape index (κ1) is 16.5. The summed E-state index contributed by atoms with van der Waals surface area (Å²) in [6.45, 7) is 4.70. The number of aromatic nitrogens is 1. The van der Waals surface area contributed by atoms with Crippen LogP contribution in [0.3, 0.4) is 0 Å². The van der Waals surface area contributed by atoms with Crippen LogP contribution in [0.5, 0.6) is 0 Å². The Morgan fingerprint density at radius 3 is 2.78 bits per heavy atom. The van der Waals surface area contributed by atoms with Crippen LogP contribution in [0.4, 0.5) is 0 Å². The van der Waals surface area contributed by atoms with Gasteiger partial charge in [0.1, 0.15) is 0 Å². The van der Waals surface area contributed by atoms with Crippen molar-refractivity contribution in [2.75, 3.05) is 0 Å². The van der Waals surface area contributed by atoms with Gasteiger partial charge < -0.3 is 10.3 Å². The molecule has 0 atom stereocenters. The molecule has 0 fully saturated rings. The molecule has 5 heteroatoms. The van der Waals surface area contributed by atoms with Crippen molar-refractivity contribution < 1.29 is 4.79 Å². The van der Waals surface area contributed by atoms with Crippen LogP contribution in [-0.2, 0) is 6.54 Å². The fourth-order valence-electron chi connectivity index (χ4n) is 2.57. The molecule has 1 amide bonds. The van der Waals surface area contributed by atoms with E-state index in [4.69, 9.17) is 0 Å². The number of halogens is 2. The van der Waals surface area contributed by atoms with E-state index in [1.165, 1.54) is 16.6 Å². The van der Waals surface area contributed by atoms with Crippen LogP contribution in [0.15, 0.2) is 40.9 Å². The number of carbonyl (C=O) groups excluding carboxylic acids is 1. The van der Waals surface area contributed by atoms with Crippen LogP contribution >= 0.6 is 38.5 Å². The number of H-pyrrole nitrogens is 1. The topological polar surface area (TPSA) is 44.9 Å². The zero-order chi connectivity index (χ0) is 16.6. The van der Waals surface area contributed by atoms with E-state index >= 15 is 0 Å². The minimum atomic E-state index is -0.0576. The van der Waals surface area contributed by atoms with Gasteiger partial charge in [0.2, 0.25) is 0 Å². The molecule has 1 aromatic heterocycles. The van der Waals surface area contributed by atoms with Gasteiger partial charge in [-0.25, -0.2) is 0 Å². The maximum Gasteiger partial charge on any atom is 0.252 e. The van der Waals surface area contributed by atoms with Gasteiger partial charge in [-0.2, -0.15) is 0 Å². The number of nitrogens with one attached hydrogen (secondary N) is 2. The summed E-state index contributed by atoms with van der Waals surface area (Å²) in [5.41, 5.74) is 5.36. The second kappa shape index (κ2) is 6.65. The summed E-state index contributed by atoms with van der Waals surface area (Å²) in [7, 11) is 0. The van der Waals surface area contributed by atoms with E-state index in [1.807, 2.05) is 24.3 Å². The van der Waals surface area contributed by atoms with Crippen LogP contribution in [0.2, 0.25) is 0 Å². The Hall–Kier alpha value is -1.34. The van der Waals surface area contributed by atoms with Gasteiger partial charge in [0.15, 0.2) is 0 Å². The molecule has 1 heterocycles. The average Bonchev–Trinajstić information content (AvgIpc) is 2.82. The molecule has 3 aromatic rings. The molecule has 2 N–H and O–H groups in total. The molecule has 23 heavy (non-hydrogen) atoms. The average molecular weight is 483 g/mol. The third-order valence-electron chi connectivity index (χ3n) is 4.00. The van der Waals surface area contributed by atoms with Crippen molar-refractivity contribution in [2.45, 2.75) is 20.4 Å². The quantitative estimate of drug-likeness (QED) is 0.502. The number of aryl methyl sites for hydroxylation is 2. The Morgan fingerprint density at radius 2 is 2.00 bits per heavy atom. The molecule has 0 aliphatic heterocycles.